The van der Waals surface area contributed by atoms with Gasteiger partial charge in [-0.2, -0.15) is 12.6 Å². The van der Waals surface area contributed by atoms with Crippen molar-refractivity contribution in [2.75, 3.05) is 0 Å². The second-order valence-corrected chi connectivity index (χ2v) is 4.06. The van der Waals surface area contributed by atoms with Crippen molar-refractivity contribution in [3.8, 4) is 0 Å². The van der Waals surface area contributed by atoms with Crippen molar-refractivity contribution in [1.82, 2.24) is 5.32 Å². The SMILES string of the molecule is Fc1ccc(CS)cc1CNC1CC1. The molecule has 1 aliphatic rings. The van der Waals surface area contributed by atoms with Crippen LogP contribution in [0.1, 0.15) is 24.0 Å². The van der Waals surface area contributed by atoms with Crippen LogP contribution in [-0.4, -0.2) is 6.04 Å². The van der Waals surface area contributed by atoms with Crippen LogP contribution >= 0.6 is 12.6 Å². The quantitative estimate of drug-likeness (QED) is 0.729. The first-order chi connectivity index (χ1) is 6.79. The zero-order valence-corrected chi connectivity index (χ0v) is 8.86. The lowest BCUT2D eigenvalue weighted by Gasteiger charge is -2.06. The van der Waals surface area contributed by atoms with Crippen LogP contribution in [0.25, 0.3) is 0 Å². The summed E-state index contributed by atoms with van der Waals surface area (Å²) in [4.78, 5) is 0. The fraction of sp³-hybridized carbons (Fsp3) is 0.455. The van der Waals surface area contributed by atoms with Crippen molar-refractivity contribution < 1.29 is 4.39 Å². The molecule has 14 heavy (non-hydrogen) atoms. The molecule has 0 bridgehead atoms. The maximum atomic E-state index is 13.3. The van der Waals surface area contributed by atoms with Gasteiger partial charge in [0.2, 0.25) is 0 Å². The third-order valence-electron chi connectivity index (χ3n) is 2.45. The molecule has 1 nitrogen and oxygen atoms in total. The van der Waals surface area contributed by atoms with E-state index in [1.165, 1.54) is 18.9 Å². The molecule has 2 rings (SSSR count). The van der Waals surface area contributed by atoms with E-state index >= 15 is 0 Å². The molecule has 3 heteroatoms. The summed E-state index contributed by atoms with van der Waals surface area (Å²) >= 11 is 4.17. The molecule has 0 radical (unpaired) electrons. The highest BCUT2D eigenvalue weighted by atomic mass is 32.1. The minimum atomic E-state index is -0.122. The van der Waals surface area contributed by atoms with Crippen LogP contribution < -0.4 is 5.32 Å². The van der Waals surface area contributed by atoms with Crippen LogP contribution in [0.3, 0.4) is 0 Å². The van der Waals surface area contributed by atoms with Crippen LogP contribution in [0.15, 0.2) is 18.2 Å². The predicted molar refractivity (Wildman–Crippen MR) is 59.0 cm³/mol. The topological polar surface area (TPSA) is 12.0 Å². The minimum Gasteiger partial charge on any atom is -0.310 e. The second-order valence-electron chi connectivity index (χ2n) is 3.74. The van der Waals surface area contributed by atoms with E-state index in [1.54, 1.807) is 6.07 Å². The van der Waals surface area contributed by atoms with Gasteiger partial charge in [0.05, 0.1) is 0 Å². The lowest BCUT2D eigenvalue weighted by atomic mass is 10.1. The van der Waals surface area contributed by atoms with Gasteiger partial charge in [-0.25, -0.2) is 4.39 Å². The fourth-order valence-electron chi connectivity index (χ4n) is 1.40. The van der Waals surface area contributed by atoms with E-state index in [2.05, 4.69) is 17.9 Å². The fourth-order valence-corrected chi connectivity index (χ4v) is 1.60. The van der Waals surface area contributed by atoms with E-state index < -0.39 is 0 Å². The number of hydrogen-bond donors (Lipinski definition) is 2. The summed E-state index contributed by atoms with van der Waals surface area (Å²) in [6.45, 7) is 0.637. The summed E-state index contributed by atoms with van der Waals surface area (Å²) in [5, 5.41) is 3.30. The molecule has 0 atom stereocenters. The van der Waals surface area contributed by atoms with Crippen LogP contribution in [-0.2, 0) is 12.3 Å². The number of thiol groups is 1. The van der Waals surface area contributed by atoms with Gasteiger partial charge in [-0.15, -0.1) is 0 Å². The van der Waals surface area contributed by atoms with Crippen molar-refractivity contribution in [3.05, 3.63) is 35.1 Å². The van der Waals surface area contributed by atoms with E-state index in [0.717, 1.165) is 11.1 Å². The maximum Gasteiger partial charge on any atom is 0.127 e. The van der Waals surface area contributed by atoms with Gasteiger partial charge in [-0.1, -0.05) is 12.1 Å². The molecule has 0 saturated heterocycles. The van der Waals surface area contributed by atoms with Gasteiger partial charge in [-0.05, 0) is 24.5 Å². The van der Waals surface area contributed by atoms with Crippen LogP contribution in [0.4, 0.5) is 4.39 Å². The normalized spacial score (nSPS) is 15.9. The summed E-state index contributed by atoms with van der Waals surface area (Å²) in [6, 6.07) is 5.81. The Morgan fingerprint density at radius 2 is 2.21 bits per heavy atom. The smallest absolute Gasteiger partial charge is 0.127 e. The van der Waals surface area contributed by atoms with E-state index in [1.807, 2.05) is 6.07 Å². The molecule has 0 aliphatic heterocycles. The average Bonchev–Trinajstić information content (AvgIpc) is 3.00. The molecule has 1 fully saturated rings. The highest BCUT2D eigenvalue weighted by Crippen LogP contribution is 2.20. The Bertz CT molecular complexity index is 323. The first-order valence-electron chi connectivity index (χ1n) is 4.91. The summed E-state index contributed by atoms with van der Waals surface area (Å²) in [5.41, 5.74) is 1.82. The van der Waals surface area contributed by atoms with Crippen molar-refractivity contribution in [3.63, 3.8) is 0 Å². The third kappa shape index (κ3) is 2.49. The van der Waals surface area contributed by atoms with Gasteiger partial charge in [0, 0.05) is 23.9 Å². The Balaban J connectivity index is 2.04. The number of rotatable bonds is 4. The Kier molecular flexibility index (Phi) is 3.08. The Labute approximate surface area is 89.1 Å². The monoisotopic (exact) mass is 211 g/mol. The van der Waals surface area contributed by atoms with Gasteiger partial charge < -0.3 is 5.32 Å². The summed E-state index contributed by atoms with van der Waals surface area (Å²) in [5.74, 6) is 0.542. The van der Waals surface area contributed by atoms with Gasteiger partial charge in [0.1, 0.15) is 5.82 Å². The Morgan fingerprint density at radius 3 is 2.86 bits per heavy atom. The zero-order chi connectivity index (χ0) is 9.97. The molecule has 1 N–H and O–H groups in total. The molecule has 1 saturated carbocycles. The first kappa shape index (κ1) is 9.99. The largest absolute Gasteiger partial charge is 0.310 e. The van der Waals surface area contributed by atoms with Crippen LogP contribution in [0.2, 0.25) is 0 Å². The molecule has 0 unspecified atom stereocenters. The van der Waals surface area contributed by atoms with Gasteiger partial charge in [-0.3, -0.25) is 0 Å². The third-order valence-corrected chi connectivity index (χ3v) is 2.82. The standard InChI is InChI=1S/C11H14FNS/c12-11-4-1-8(7-14)5-9(11)6-13-10-2-3-10/h1,4-5,10,13-14H,2-3,6-7H2. The lowest BCUT2D eigenvalue weighted by molar-refractivity contribution is 0.586. The van der Waals surface area contributed by atoms with Crippen LogP contribution in [0, 0.1) is 5.82 Å². The molecule has 0 heterocycles. The minimum absolute atomic E-state index is 0.122. The predicted octanol–water partition coefficient (Wildman–Crippen LogP) is 2.51. The van der Waals surface area contributed by atoms with Gasteiger partial charge in [0.15, 0.2) is 0 Å². The molecular weight excluding hydrogens is 197 g/mol. The lowest BCUT2D eigenvalue weighted by Crippen LogP contribution is -2.16. The average molecular weight is 211 g/mol. The van der Waals surface area contributed by atoms with Gasteiger partial charge >= 0.3 is 0 Å². The summed E-state index contributed by atoms with van der Waals surface area (Å²) in [7, 11) is 0. The highest BCUT2D eigenvalue weighted by Gasteiger charge is 2.20. The maximum absolute atomic E-state index is 13.3. The Morgan fingerprint density at radius 1 is 1.43 bits per heavy atom. The zero-order valence-electron chi connectivity index (χ0n) is 7.96. The molecule has 1 aliphatic carbocycles. The van der Waals surface area contributed by atoms with Crippen LogP contribution in [0.5, 0.6) is 0 Å². The van der Waals surface area contributed by atoms with Crippen molar-refractivity contribution in [1.29, 1.82) is 0 Å². The summed E-state index contributed by atoms with van der Waals surface area (Å²) < 4.78 is 13.3. The number of benzene rings is 1. The van der Waals surface area contributed by atoms with E-state index in [0.29, 0.717) is 18.3 Å². The first-order valence-corrected chi connectivity index (χ1v) is 5.54. The van der Waals surface area contributed by atoms with Crippen molar-refractivity contribution in [2.45, 2.75) is 31.2 Å². The number of hydrogen-bond acceptors (Lipinski definition) is 2. The molecule has 0 spiro atoms. The molecular formula is C11H14FNS. The molecule has 1 aromatic carbocycles. The van der Waals surface area contributed by atoms with E-state index in [4.69, 9.17) is 0 Å². The summed E-state index contributed by atoms with van der Waals surface area (Å²) in [6.07, 6.45) is 2.46. The number of halogens is 1. The second kappa shape index (κ2) is 4.32. The number of nitrogens with one attached hydrogen (secondary N) is 1. The van der Waals surface area contributed by atoms with Crippen molar-refractivity contribution >= 4 is 12.6 Å². The molecule has 1 aromatic rings. The highest BCUT2D eigenvalue weighted by molar-refractivity contribution is 7.79. The Hall–Kier alpha value is -0.540. The molecule has 76 valence electrons. The van der Waals surface area contributed by atoms with Gasteiger partial charge in [0.25, 0.3) is 0 Å². The molecule has 0 aromatic heterocycles. The van der Waals surface area contributed by atoms with E-state index in [-0.39, 0.29) is 5.82 Å². The molecule has 0 amide bonds. The van der Waals surface area contributed by atoms with Crippen molar-refractivity contribution in [2.24, 2.45) is 0 Å². The van der Waals surface area contributed by atoms with E-state index in [9.17, 15) is 4.39 Å².